The van der Waals surface area contributed by atoms with Gasteiger partial charge in [-0.2, -0.15) is 0 Å². The van der Waals surface area contributed by atoms with Gasteiger partial charge in [0.25, 0.3) is 0 Å². The van der Waals surface area contributed by atoms with Crippen LogP contribution < -0.4 is 19.5 Å². The molecule has 0 aliphatic carbocycles. The maximum absolute atomic E-state index is 12.4. The Bertz CT molecular complexity index is 614. The summed E-state index contributed by atoms with van der Waals surface area (Å²) in [5.74, 6) is 1.02. The van der Waals surface area contributed by atoms with E-state index in [9.17, 15) is 8.42 Å². The smallest absolute Gasteiger partial charge is 0.242 e. The van der Waals surface area contributed by atoms with E-state index in [0.717, 1.165) is 13.0 Å². The molecule has 0 amide bonds. The molecule has 110 valence electrons. The van der Waals surface area contributed by atoms with Crippen LogP contribution in [-0.2, 0) is 10.0 Å². The monoisotopic (exact) mass is 362 g/mol. The van der Waals surface area contributed by atoms with Crippen molar-refractivity contribution in [2.75, 3.05) is 26.3 Å². The first-order valence-electron chi connectivity index (χ1n) is 6.38. The Kier molecular flexibility index (Phi) is 3.89. The van der Waals surface area contributed by atoms with Crippen molar-refractivity contribution in [1.29, 1.82) is 0 Å². The van der Waals surface area contributed by atoms with Crippen LogP contribution in [0.5, 0.6) is 11.5 Å². The molecule has 20 heavy (non-hydrogen) atoms. The zero-order chi connectivity index (χ0) is 14.2. The number of halogens is 1. The number of ether oxygens (including phenoxy) is 2. The minimum atomic E-state index is -3.58. The standard InChI is InChI=1S/C12H15BrN2O4S/c13-9-5-10-11(19-4-3-18-10)6-12(9)20(16,17)15-8-1-2-14-7-8/h5-6,8,14-15H,1-4,7H2. The van der Waals surface area contributed by atoms with E-state index in [0.29, 0.717) is 35.7 Å². The molecular weight excluding hydrogens is 348 g/mol. The van der Waals surface area contributed by atoms with Crippen LogP contribution in [0.1, 0.15) is 6.42 Å². The van der Waals surface area contributed by atoms with Gasteiger partial charge in [0, 0.05) is 23.1 Å². The molecule has 1 aromatic rings. The lowest BCUT2D eigenvalue weighted by atomic mass is 10.3. The number of hydrogen-bond acceptors (Lipinski definition) is 5. The Morgan fingerprint density at radius 2 is 1.95 bits per heavy atom. The first-order valence-corrected chi connectivity index (χ1v) is 8.66. The van der Waals surface area contributed by atoms with Crippen molar-refractivity contribution in [2.45, 2.75) is 17.4 Å². The van der Waals surface area contributed by atoms with E-state index in [1.807, 2.05) is 0 Å². The van der Waals surface area contributed by atoms with Crippen LogP contribution in [-0.4, -0.2) is 40.8 Å². The number of rotatable bonds is 3. The van der Waals surface area contributed by atoms with Gasteiger partial charge < -0.3 is 14.8 Å². The van der Waals surface area contributed by atoms with Gasteiger partial charge in [0.1, 0.15) is 18.1 Å². The van der Waals surface area contributed by atoms with Crippen molar-refractivity contribution in [3.63, 3.8) is 0 Å². The molecule has 0 aromatic heterocycles. The van der Waals surface area contributed by atoms with Crippen LogP contribution in [0.2, 0.25) is 0 Å². The molecule has 2 heterocycles. The average molecular weight is 363 g/mol. The summed E-state index contributed by atoms with van der Waals surface area (Å²) in [4.78, 5) is 0.175. The summed E-state index contributed by atoms with van der Waals surface area (Å²) < 4.78 is 38.9. The molecule has 6 nitrogen and oxygen atoms in total. The molecular formula is C12H15BrN2O4S. The first kappa shape index (κ1) is 14.1. The second-order valence-corrected chi connectivity index (χ2v) is 7.27. The molecule has 0 spiro atoms. The molecule has 1 aromatic carbocycles. The van der Waals surface area contributed by atoms with E-state index >= 15 is 0 Å². The normalized spacial score (nSPS) is 21.9. The van der Waals surface area contributed by atoms with E-state index < -0.39 is 10.0 Å². The maximum atomic E-state index is 12.4. The van der Waals surface area contributed by atoms with Crippen LogP contribution >= 0.6 is 15.9 Å². The van der Waals surface area contributed by atoms with Crippen LogP contribution in [0.4, 0.5) is 0 Å². The van der Waals surface area contributed by atoms with Gasteiger partial charge in [0.15, 0.2) is 11.5 Å². The van der Waals surface area contributed by atoms with Crippen LogP contribution in [0.15, 0.2) is 21.5 Å². The van der Waals surface area contributed by atoms with Gasteiger partial charge in [-0.05, 0) is 35.0 Å². The van der Waals surface area contributed by atoms with Crippen molar-refractivity contribution in [2.24, 2.45) is 0 Å². The second-order valence-electron chi connectivity index (χ2n) is 4.74. The molecule has 3 rings (SSSR count). The number of benzene rings is 1. The SMILES string of the molecule is O=S(=O)(NC1CCNC1)c1cc2c(cc1Br)OCCO2. The minimum Gasteiger partial charge on any atom is -0.486 e. The third kappa shape index (κ3) is 2.78. The molecule has 2 aliphatic rings. The number of hydrogen-bond donors (Lipinski definition) is 2. The molecule has 1 fully saturated rings. The molecule has 0 bridgehead atoms. The van der Waals surface area contributed by atoms with Crippen LogP contribution in [0, 0.1) is 0 Å². The largest absolute Gasteiger partial charge is 0.486 e. The molecule has 1 atom stereocenters. The second kappa shape index (κ2) is 5.51. The predicted molar refractivity (Wildman–Crippen MR) is 76.7 cm³/mol. The van der Waals surface area contributed by atoms with E-state index in [1.165, 1.54) is 6.07 Å². The van der Waals surface area contributed by atoms with Gasteiger partial charge in [-0.1, -0.05) is 0 Å². The summed E-state index contributed by atoms with van der Waals surface area (Å²) in [6.07, 6.45) is 0.793. The van der Waals surface area contributed by atoms with Crippen LogP contribution in [0.3, 0.4) is 0 Å². The summed E-state index contributed by atoms with van der Waals surface area (Å²) >= 11 is 3.29. The van der Waals surface area contributed by atoms with Gasteiger partial charge >= 0.3 is 0 Å². The lowest BCUT2D eigenvalue weighted by molar-refractivity contribution is 0.171. The molecule has 2 N–H and O–H groups in total. The average Bonchev–Trinajstić information content (AvgIpc) is 2.90. The molecule has 0 saturated carbocycles. The first-order chi connectivity index (χ1) is 9.56. The van der Waals surface area contributed by atoms with E-state index in [-0.39, 0.29) is 10.9 Å². The zero-order valence-corrected chi connectivity index (χ0v) is 13.1. The van der Waals surface area contributed by atoms with Crippen molar-refractivity contribution in [3.05, 3.63) is 16.6 Å². The predicted octanol–water partition coefficient (Wildman–Crippen LogP) is 0.860. The van der Waals surface area contributed by atoms with Crippen molar-refractivity contribution >= 4 is 26.0 Å². The van der Waals surface area contributed by atoms with Gasteiger partial charge in [0.05, 0.1) is 0 Å². The highest BCUT2D eigenvalue weighted by Crippen LogP contribution is 2.37. The molecule has 8 heteroatoms. The van der Waals surface area contributed by atoms with Gasteiger partial charge in [-0.3, -0.25) is 0 Å². The fourth-order valence-electron chi connectivity index (χ4n) is 2.29. The molecule has 1 unspecified atom stereocenters. The summed E-state index contributed by atoms with van der Waals surface area (Å²) in [5, 5.41) is 3.13. The highest BCUT2D eigenvalue weighted by atomic mass is 79.9. The number of fused-ring (bicyclic) bond motifs is 1. The highest BCUT2D eigenvalue weighted by molar-refractivity contribution is 9.10. The lowest BCUT2D eigenvalue weighted by Gasteiger charge is -2.20. The third-order valence-electron chi connectivity index (χ3n) is 3.27. The summed E-state index contributed by atoms with van der Waals surface area (Å²) in [5.41, 5.74) is 0. The highest BCUT2D eigenvalue weighted by Gasteiger charge is 2.26. The van der Waals surface area contributed by atoms with Gasteiger partial charge in [-0.25, -0.2) is 13.1 Å². The van der Waals surface area contributed by atoms with Gasteiger partial charge in [0.2, 0.25) is 10.0 Å². The van der Waals surface area contributed by atoms with E-state index in [4.69, 9.17) is 9.47 Å². The maximum Gasteiger partial charge on any atom is 0.242 e. The minimum absolute atomic E-state index is 0.0694. The quantitative estimate of drug-likeness (QED) is 0.833. The Hall–Kier alpha value is -0.830. The Labute approximate surface area is 126 Å². The molecule has 1 saturated heterocycles. The summed E-state index contributed by atoms with van der Waals surface area (Å²) in [7, 11) is -3.58. The Morgan fingerprint density at radius 3 is 2.60 bits per heavy atom. The lowest BCUT2D eigenvalue weighted by Crippen LogP contribution is -2.36. The number of sulfonamides is 1. The molecule has 2 aliphatic heterocycles. The van der Waals surface area contributed by atoms with Crippen molar-refractivity contribution < 1.29 is 17.9 Å². The zero-order valence-electron chi connectivity index (χ0n) is 10.7. The van der Waals surface area contributed by atoms with E-state index in [1.54, 1.807) is 6.07 Å². The summed E-state index contributed by atoms with van der Waals surface area (Å²) in [6.45, 7) is 2.38. The Balaban J connectivity index is 1.92. The molecule has 0 radical (unpaired) electrons. The van der Waals surface area contributed by atoms with Crippen molar-refractivity contribution in [3.8, 4) is 11.5 Å². The fraction of sp³-hybridized carbons (Fsp3) is 0.500. The van der Waals surface area contributed by atoms with Crippen LogP contribution in [0.25, 0.3) is 0 Å². The topological polar surface area (TPSA) is 76.7 Å². The number of nitrogens with one attached hydrogen (secondary N) is 2. The fourth-order valence-corrected chi connectivity index (χ4v) is 4.60. The summed E-state index contributed by atoms with van der Waals surface area (Å²) in [6, 6.07) is 3.07. The third-order valence-corrected chi connectivity index (χ3v) is 5.75. The Morgan fingerprint density at radius 1 is 1.25 bits per heavy atom. The van der Waals surface area contributed by atoms with Crippen molar-refractivity contribution in [1.82, 2.24) is 10.0 Å². The van der Waals surface area contributed by atoms with E-state index in [2.05, 4.69) is 26.0 Å². The van der Waals surface area contributed by atoms with Gasteiger partial charge in [-0.15, -0.1) is 0 Å².